The lowest BCUT2D eigenvalue weighted by molar-refractivity contribution is 0.598. The van der Waals surface area contributed by atoms with Gasteiger partial charge >= 0.3 is 0 Å². The molecule has 98 valence electrons. The van der Waals surface area contributed by atoms with Gasteiger partial charge in [0, 0.05) is 13.6 Å². The fraction of sp³-hybridized carbons (Fsp3) is 0.692. The van der Waals surface area contributed by atoms with Crippen LogP contribution < -0.4 is 5.73 Å². The van der Waals surface area contributed by atoms with Crippen molar-refractivity contribution in [1.29, 1.82) is 0 Å². The Hall–Kier alpha value is -1.52. The first-order chi connectivity index (χ1) is 8.70. The number of hydrogen-bond acceptors (Lipinski definition) is 3. The lowest BCUT2D eigenvalue weighted by Crippen LogP contribution is -2.07. The number of fused-ring (bicyclic) bond motifs is 1. The Labute approximate surface area is 107 Å². The Morgan fingerprint density at radius 3 is 2.83 bits per heavy atom. The minimum absolute atomic E-state index is 0.635. The molecule has 0 amide bonds. The van der Waals surface area contributed by atoms with E-state index in [1.807, 2.05) is 11.7 Å². The van der Waals surface area contributed by atoms with E-state index < -0.39 is 0 Å². The van der Waals surface area contributed by atoms with Crippen molar-refractivity contribution in [2.75, 3.05) is 5.73 Å². The first-order valence-electron chi connectivity index (χ1n) is 6.88. The smallest absolute Gasteiger partial charge is 0.202 e. The van der Waals surface area contributed by atoms with E-state index in [1.54, 1.807) is 0 Å². The van der Waals surface area contributed by atoms with Gasteiger partial charge in [0.1, 0.15) is 5.52 Å². The molecule has 0 aromatic carbocycles. The summed E-state index contributed by atoms with van der Waals surface area (Å²) in [5, 5.41) is 4.56. The molecule has 5 heteroatoms. The van der Waals surface area contributed by atoms with Gasteiger partial charge in [-0.05, 0) is 18.8 Å². The minimum atomic E-state index is 0.635. The summed E-state index contributed by atoms with van der Waals surface area (Å²) in [4.78, 5) is 4.51. The van der Waals surface area contributed by atoms with Crippen molar-refractivity contribution in [3.05, 3.63) is 5.69 Å². The van der Waals surface area contributed by atoms with Crippen LogP contribution in [0.3, 0.4) is 0 Å². The van der Waals surface area contributed by atoms with Crippen molar-refractivity contribution >= 4 is 17.1 Å². The summed E-state index contributed by atoms with van der Waals surface area (Å²) < 4.78 is 4.05. The van der Waals surface area contributed by atoms with Gasteiger partial charge in [-0.25, -0.2) is 4.98 Å². The number of anilines is 1. The molecule has 1 aliphatic carbocycles. The number of hydrogen-bond donors (Lipinski definition) is 1. The second kappa shape index (κ2) is 4.30. The largest absolute Gasteiger partial charge is 0.369 e. The maximum atomic E-state index is 6.05. The second-order valence-corrected chi connectivity index (χ2v) is 5.35. The van der Waals surface area contributed by atoms with Crippen LogP contribution in [-0.2, 0) is 20.0 Å². The highest BCUT2D eigenvalue weighted by Gasteiger charge is 2.23. The van der Waals surface area contributed by atoms with E-state index in [4.69, 9.17) is 5.73 Å². The molecule has 1 fully saturated rings. The molecule has 18 heavy (non-hydrogen) atoms. The van der Waals surface area contributed by atoms with E-state index in [0.29, 0.717) is 5.95 Å². The van der Waals surface area contributed by atoms with Gasteiger partial charge in [-0.2, -0.15) is 5.10 Å². The fourth-order valence-electron chi connectivity index (χ4n) is 2.60. The van der Waals surface area contributed by atoms with E-state index in [2.05, 4.69) is 21.6 Å². The zero-order chi connectivity index (χ0) is 12.7. The zero-order valence-corrected chi connectivity index (χ0v) is 11.2. The summed E-state index contributed by atoms with van der Waals surface area (Å²) in [6.45, 7) is 3.13. The number of aryl methyl sites for hydroxylation is 3. The lowest BCUT2D eigenvalue weighted by Gasteiger charge is -2.05. The minimum Gasteiger partial charge on any atom is -0.369 e. The van der Waals surface area contributed by atoms with Crippen LogP contribution in [0.5, 0.6) is 0 Å². The molecule has 0 atom stereocenters. The molecule has 5 nitrogen and oxygen atoms in total. The van der Waals surface area contributed by atoms with Crippen LogP contribution in [0.15, 0.2) is 0 Å². The number of nitrogens with zero attached hydrogens (tertiary/aromatic N) is 4. The van der Waals surface area contributed by atoms with Crippen LogP contribution in [0.4, 0.5) is 5.95 Å². The number of aromatic nitrogens is 4. The third-order valence-electron chi connectivity index (χ3n) is 3.77. The molecular weight excluding hydrogens is 226 g/mol. The Kier molecular flexibility index (Phi) is 2.76. The summed E-state index contributed by atoms with van der Waals surface area (Å²) in [6, 6.07) is 0. The molecule has 2 heterocycles. The summed E-state index contributed by atoms with van der Waals surface area (Å²) >= 11 is 0. The first-order valence-corrected chi connectivity index (χ1v) is 6.88. The third-order valence-corrected chi connectivity index (χ3v) is 3.77. The van der Waals surface area contributed by atoms with Gasteiger partial charge in [-0.3, -0.25) is 9.25 Å². The van der Waals surface area contributed by atoms with Gasteiger partial charge in [0.15, 0.2) is 5.65 Å². The lowest BCUT2D eigenvalue weighted by atomic mass is 10.2. The molecule has 0 unspecified atom stereocenters. The molecular formula is C13H21N5. The average molecular weight is 247 g/mol. The van der Waals surface area contributed by atoms with Crippen molar-refractivity contribution in [2.24, 2.45) is 13.0 Å². The van der Waals surface area contributed by atoms with Gasteiger partial charge in [-0.15, -0.1) is 0 Å². The molecule has 0 aliphatic heterocycles. The summed E-state index contributed by atoms with van der Waals surface area (Å²) in [5.41, 5.74) is 9.20. The quantitative estimate of drug-likeness (QED) is 0.880. The molecule has 1 aliphatic rings. The molecule has 0 spiro atoms. The Morgan fingerprint density at radius 1 is 1.39 bits per heavy atom. The van der Waals surface area contributed by atoms with Gasteiger partial charge in [-0.1, -0.05) is 26.2 Å². The number of nitrogen functional groups attached to an aromatic ring is 1. The van der Waals surface area contributed by atoms with Gasteiger partial charge < -0.3 is 5.73 Å². The average Bonchev–Trinajstić information content (AvgIpc) is 3.03. The van der Waals surface area contributed by atoms with Crippen LogP contribution >= 0.6 is 0 Å². The molecule has 2 N–H and O–H groups in total. The van der Waals surface area contributed by atoms with Gasteiger partial charge in [0.25, 0.3) is 0 Å². The molecule has 2 aromatic heterocycles. The molecule has 0 bridgehead atoms. The molecule has 1 saturated carbocycles. The highest BCUT2D eigenvalue weighted by atomic mass is 15.3. The maximum absolute atomic E-state index is 6.05. The van der Waals surface area contributed by atoms with Crippen molar-refractivity contribution in [2.45, 2.75) is 45.6 Å². The van der Waals surface area contributed by atoms with Gasteiger partial charge in [0.05, 0.1) is 5.69 Å². The SMILES string of the molecule is CCCc1nn(C)c2c1nc(N)n2CCC1CC1. The molecule has 2 aromatic rings. The predicted octanol–water partition coefficient (Wildman–Crippen LogP) is 2.10. The van der Waals surface area contributed by atoms with Gasteiger partial charge in [0.2, 0.25) is 5.95 Å². The number of rotatable bonds is 5. The summed E-state index contributed by atoms with van der Waals surface area (Å²) in [6.07, 6.45) is 6.02. The van der Waals surface area contributed by atoms with Crippen LogP contribution in [0, 0.1) is 5.92 Å². The Bertz CT molecular complexity index is 561. The third kappa shape index (κ3) is 1.87. The van der Waals surface area contributed by atoms with Crippen molar-refractivity contribution in [3.63, 3.8) is 0 Å². The van der Waals surface area contributed by atoms with Crippen LogP contribution in [0.25, 0.3) is 11.2 Å². The maximum Gasteiger partial charge on any atom is 0.202 e. The summed E-state index contributed by atoms with van der Waals surface area (Å²) in [5.74, 6) is 1.54. The summed E-state index contributed by atoms with van der Waals surface area (Å²) in [7, 11) is 1.98. The van der Waals surface area contributed by atoms with E-state index in [-0.39, 0.29) is 0 Å². The van der Waals surface area contributed by atoms with Crippen molar-refractivity contribution in [3.8, 4) is 0 Å². The topological polar surface area (TPSA) is 61.7 Å². The zero-order valence-electron chi connectivity index (χ0n) is 11.2. The second-order valence-electron chi connectivity index (χ2n) is 5.35. The number of nitrogens with two attached hydrogens (primary N) is 1. The highest BCUT2D eigenvalue weighted by molar-refractivity contribution is 5.77. The first kappa shape index (κ1) is 11.6. The highest BCUT2D eigenvalue weighted by Crippen LogP contribution is 2.33. The Balaban J connectivity index is 1.98. The normalized spacial score (nSPS) is 15.7. The van der Waals surface area contributed by atoms with Crippen molar-refractivity contribution < 1.29 is 0 Å². The predicted molar refractivity (Wildman–Crippen MR) is 72.2 cm³/mol. The standard InChI is InChI=1S/C13H21N5/c1-3-4-10-11-12(17(2)16-10)18(13(14)15-11)8-7-9-5-6-9/h9H,3-8H2,1-2H3,(H2,14,15). The van der Waals surface area contributed by atoms with Crippen molar-refractivity contribution in [1.82, 2.24) is 19.3 Å². The monoisotopic (exact) mass is 247 g/mol. The van der Waals surface area contributed by atoms with E-state index in [0.717, 1.165) is 42.2 Å². The van der Waals surface area contributed by atoms with E-state index in [1.165, 1.54) is 19.3 Å². The fourth-order valence-corrected chi connectivity index (χ4v) is 2.60. The van der Waals surface area contributed by atoms with E-state index in [9.17, 15) is 0 Å². The molecule has 0 radical (unpaired) electrons. The van der Waals surface area contributed by atoms with Crippen LogP contribution in [0.2, 0.25) is 0 Å². The van der Waals surface area contributed by atoms with E-state index >= 15 is 0 Å². The van der Waals surface area contributed by atoms with Crippen LogP contribution in [0.1, 0.15) is 38.3 Å². The number of imidazole rings is 1. The Morgan fingerprint density at radius 2 is 2.17 bits per heavy atom. The molecule has 3 rings (SSSR count). The molecule has 0 saturated heterocycles. The van der Waals surface area contributed by atoms with Crippen LogP contribution in [-0.4, -0.2) is 19.3 Å².